The molecule has 0 spiro atoms. The summed E-state index contributed by atoms with van der Waals surface area (Å²) in [6.45, 7) is 5.65. The first-order valence-corrected chi connectivity index (χ1v) is 13.1. The quantitative estimate of drug-likeness (QED) is 0.463. The normalized spacial score (nSPS) is 12.0. The lowest BCUT2D eigenvalue weighted by molar-refractivity contribution is -0.132. The van der Waals surface area contributed by atoms with Gasteiger partial charge in [0, 0.05) is 16.8 Å². The molecule has 0 aliphatic rings. The highest BCUT2D eigenvalue weighted by Gasteiger charge is 2.21. The van der Waals surface area contributed by atoms with Crippen molar-refractivity contribution in [3.8, 4) is 0 Å². The molecule has 0 aliphatic heterocycles. The maximum Gasteiger partial charge on any atom is 0.259 e. The average molecular weight is 491 g/mol. The van der Waals surface area contributed by atoms with Gasteiger partial charge in [-0.05, 0) is 44.7 Å². The number of hydrogen-bond acceptors (Lipinski definition) is 7. The lowest BCUT2D eigenvalue weighted by Gasteiger charge is -2.21. The van der Waals surface area contributed by atoms with Crippen LogP contribution in [0.4, 0.5) is 5.69 Å². The van der Waals surface area contributed by atoms with E-state index in [0.29, 0.717) is 17.0 Å². The van der Waals surface area contributed by atoms with E-state index in [0.717, 1.165) is 25.9 Å². The highest BCUT2D eigenvalue weighted by Crippen LogP contribution is 2.27. The molecule has 1 atom stereocenters. The SMILES string of the molecule is CSc1ccccc1NC(=O)CN(C)C(=O)[C@@H](C)SCc1nc2sc(C)c(C)c2c(=O)[nH]1. The number of thioether (sulfide) groups is 2. The molecule has 0 bridgehead atoms. The van der Waals surface area contributed by atoms with Crippen LogP contribution in [0.15, 0.2) is 34.0 Å². The molecular formula is C22H26N4O3S3. The van der Waals surface area contributed by atoms with E-state index in [1.807, 2.05) is 44.4 Å². The summed E-state index contributed by atoms with van der Waals surface area (Å²) >= 11 is 4.42. The molecule has 3 aromatic rings. The van der Waals surface area contributed by atoms with E-state index in [9.17, 15) is 14.4 Å². The number of rotatable bonds is 8. The second kappa shape index (κ2) is 10.5. The van der Waals surface area contributed by atoms with E-state index in [2.05, 4.69) is 15.3 Å². The maximum absolute atomic E-state index is 12.7. The van der Waals surface area contributed by atoms with E-state index < -0.39 is 0 Å². The van der Waals surface area contributed by atoms with Crippen molar-refractivity contribution in [2.45, 2.75) is 36.7 Å². The Morgan fingerprint density at radius 3 is 2.72 bits per heavy atom. The Morgan fingerprint density at radius 2 is 2.00 bits per heavy atom. The van der Waals surface area contributed by atoms with E-state index in [4.69, 9.17) is 0 Å². The predicted octanol–water partition coefficient (Wildman–Crippen LogP) is 4.04. The van der Waals surface area contributed by atoms with Crippen molar-refractivity contribution in [3.05, 3.63) is 50.9 Å². The number of anilines is 1. The summed E-state index contributed by atoms with van der Waals surface area (Å²) in [5, 5.41) is 3.11. The Kier molecular flexibility index (Phi) is 8.02. The molecular weight excluding hydrogens is 464 g/mol. The molecule has 170 valence electrons. The molecule has 7 nitrogen and oxygen atoms in total. The van der Waals surface area contributed by atoms with Crippen LogP contribution >= 0.6 is 34.9 Å². The lowest BCUT2D eigenvalue weighted by atomic mass is 10.2. The first-order valence-electron chi connectivity index (χ1n) is 9.99. The van der Waals surface area contributed by atoms with E-state index >= 15 is 0 Å². The van der Waals surface area contributed by atoms with Gasteiger partial charge in [-0.1, -0.05) is 12.1 Å². The van der Waals surface area contributed by atoms with Crippen molar-refractivity contribution in [1.82, 2.24) is 14.9 Å². The van der Waals surface area contributed by atoms with Gasteiger partial charge in [0.05, 0.1) is 28.6 Å². The molecule has 0 unspecified atom stereocenters. The minimum atomic E-state index is -0.390. The molecule has 1 aromatic carbocycles. The topological polar surface area (TPSA) is 95.2 Å². The fourth-order valence-electron chi connectivity index (χ4n) is 3.18. The molecule has 0 radical (unpaired) electrons. The van der Waals surface area contributed by atoms with Crippen LogP contribution in [0.5, 0.6) is 0 Å². The second-order valence-corrected chi connectivity index (χ2v) is 10.8. The third-order valence-corrected chi connectivity index (χ3v) is 8.08. The van der Waals surface area contributed by atoms with Crippen LogP contribution in [-0.4, -0.2) is 51.8 Å². The summed E-state index contributed by atoms with van der Waals surface area (Å²) in [7, 11) is 1.61. The number of thiophene rings is 1. The summed E-state index contributed by atoms with van der Waals surface area (Å²) in [5.74, 6) is 0.534. The van der Waals surface area contributed by atoms with Crippen LogP contribution in [0.1, 0.15) is 23.2 Å². The lowest BCUT2D eigenvalue weighted by Crippen LogP contribution is -2.39. The van der Waals surface area contributed by atoms with Crippen molar-refractivity contribution in [2.24, 2.45) is 0 Å². The number of amides is 2. The van der Waals surface area contributed by atoms with Crippen LogP contribution < -0.4 is 10.9 Å². The minimum Gasteiger partial charge on any atom is -0.335 e. The van der Waals surface area contributed by atoms with Gasteiger partial charge in [0.2, 0.25) is 11.8 Å². The first kappa shape index (κ1) is 24.3. The van der Waals surface area contributed by atoms with Crippen LogP contribution in [0, 0.1) is 13.8 Å². The van der Waals surface area contributed by atoms with E-state index in [-0.39, 0.29) is 29.2 Å². The summed E-state index contributed by atoms with van der Waals surface area (Å²) in [4.78, 5) is 49.1. The van der Waals surface area contributed by atoms with Crippen molar-refractivity contribution < 1.29 is 9.59 Å². The summed E-state index contributed by atoms with van der Waals surface area (Å²) in [5.41, 5.74) is 1.55. The number of fused-ring (bicyclic) bond motifs is 1. The number of likely N-dealkylation sites (N-methyl/N-ethyl adjacent to an activating group) is 1. The number of carbonyl (C=O) groups excluding carboxylic acids is 2. The number of nitrogens with zero attached hydrogens (tertiary/aromatic N) is 2. The van der Waals surface area contributed by atoms with Crippen molar-refractivity contribution in [2.75, 3.05) is 25.2 Å². The number of aromatic amines is 1. The molecule has 32 heavy (non-hydrogen) atoms. The van der Waals surface area contributed by atoms with Crippen molar-refractivity contribution in [3.63, 3.8) is 0 Å². The second-order valence-electron chi connectivity index (χ2n) is 7.37. The molecule has 2 aromatic heterocycles. The number of para-hydroxylation sites is 1. The Labute approximate surface area is 199 Å². The van der Waals surface area contributed by atoms with Crippen LogP contribution in [0.2, 0.25) is 0 Å². The molecule has 2 N–H and O–H groups in total. The summed E-state index contributed by atoms with van der Waals surface area (Å²) in [6.07, 6.45) is 1.94. The zero-order valence-corrected chi connectivity index (χ0v) is 21.1. The number of benzene rings is 1. The van der Waals surface area contributed by atoms with Gasteiger partial charge in [0.25, 0.3) is 5.56 Å². The number of hydrogen-bond donors (Lipinski definition) is 2. The van der Waals surface area contributed by atoms with Gasteiger partial charge < -0.3 is 15.2 Å². The van der Waals surface area contributed by atoms with Crippen LogP contribution in [0.25, 0.3) is 10.2 Å². The molecule has 0 saturated heterocycles. The highest BCUT2D eigenvalue weighted by molar-refractivity contribution is 7.99. The fraction of sp³-hybridized carbons (Fsp3) is 0.364. The maximum atomic E-state index is 12.7. The Hall–Kier alpha value is -2.30. The molecule has 0 saturated carbocycles. The number of carbonyl (C=O) groups is 2. The minimum absolute atomic E-state index is 0.0404. The molecule has 10 heteroatoms. The Balaban J connectivity index is 1.57. The molecule has 2 amide bonds. The molecule has 3 rings (SSSR count). The van der Waals surface area contributed by atoms with Gasteiger partial charge in [-0.25, -0.2) is 4.98 Å². The number of H-pyrrole nitrogens is 1. The fourth-order valence-corrected chi connectivity index (χ4v) is 5.65. The summed E-state index contributed by atoms with van der Waals surface area (Å²) < 4.78 is 0. The first-order chi connectivity index (χ1) is 15.2. The highest BCUT2D eigenvalue weighted by atomic mass is 32.2. The third-order valence-electron chi connectivity index (χ3n) is 5.04. The van der Waals surface area contributed by atoms with Gasteiger partial charge in [0.15, 0.2) is 0 Å². The molecule has 0 aliphatic carbocycles. The molecule has 2 heterocycles. The standard InChI is InChI=1S/C22H26N4O3S3/c1-12-13(2)32-21-19(12)20(28)24-17(25-21)11-31-14(3)22(29)26(4)10-18(27)23-15-8-6-7-9-16(15)30-5/h6-9,14H,10-11H2,1-5H3,(H,23,27)(H,24,25,28)/t14-/m1/s1. The zero-order chi connectivity index (χ0) is 23.4. The van der Waals surface area contributed by atoms with Gasteiger partial charge >= 0.3 is 0 Å². The largest absolute Gasteiger partial charge is 0.335 e. The van der Waals surface area contributed by atoms with Crippen LogP contribution in [-0.2, 0) is 15.3 Å². The Bertz CT molecular complexity index is 1200. The number of aromatic nitrogens is 2. The Morgan fingerprint density at radius 1 is 1.28 bits per heavy atom. The molecule has 0 fully saturated rings. The zero-order valence-electron chi connectivity index (χ0n) is 18.6. The van der Waals surface area contributed by atoms with Gasteiger partial charge in [-0.2, -0.15) is 0 Å². The van der Waals surface area contributed by atoms with Crippen molar-refractivity contribution >= 4 is 62.6 Å². The third kappa shape index (κ3) is 5.54. The van der Waals surface area contributed by atoms with Crippen molar-refractivity contribution in [1.29, 1.82) is 0 Å². The predicted molar refractivity (Wildman–Crippen MR) is 135 cm³/mol. The van der Waals surface area contributed by atoms with Gasteiger partial charge in [-0.15, -0.1) is 34.9 Å². The van der Waals surface area contributed by atoms with Crippen LogP contribution in [0.3, 0.4) is 0 Å². The monoisotopic (exact) mass is 490 g/mol. The van der Waals surface area contributed by atoms with Gasteiger partial charge in [0.1, 0.15) is 10.7 Å². The smallest absolute Gasteiger partial charge is 0.259 e. The van der Waals surface area contributed by atoms with E-state index in [1.165, 1.54) is 28.0 Å². The average Bonchev–Trinajstić information content (AvgIpc) is 3.05. The van der Waals surface area contributed by atoms with Gasteiger partial charge in [-0.3, -0.25) is 14.4 Å². The van der Waals surface area contributed by atoms with E-state index in [1.54, 1.807) is 25.7 Å². The number of aryl methyl sites for hydroxylation is 2. The number of nitrogens with one attached hydrogen (secondary N) is 2. The summed E-state index contributed by atoms with van der Waals surface area (Å²) in [6, 6.07) is 7.54.